The molecular weight excluding hydrogens is 467 g/mol. The average Bonchev–Trinajstić information content (AvgIpc) is 3.53. The molecule has 1 aliphatic rings. The molecule has 1 aromatic carbocycles. The first-order valence-corrected chi connectivity index (χ1v) is 11.4. The third-order valence-electron chi connectivity index (χ3n) is 5.61. The Morgan fingerprint density at radius 2 is 2.03 bits per heavy atom. The van der Waals surface area contributed by atoms with Crippen molar-refractivity contribution in [2.24, 2.45) is 0 Å². The molecule has 0 radical (unpaired) electrons. The maximum absolute atomic E-state index is 14.7. The number of nitrogens with zero attached hydrogens (tertiary/aromatic N) is 5. The van der Waals surface area contributed by atoms with Crippen molar-refractivity contribution in [2.75, 3.05) is 29.2 Å². The molecule has 3 N–H and O–H groups in total. The zero-order valence-electron chi connectivity index (χ0n) is 20.0. The van der Waals surface area contributed by atoms with E-state index in [2.05, 4.69) is 41.0 Å². The second-order valence-electron chi connectivity index (χ2n) is 9.45. The Kier molecular flexibility index (Phi) is 6.18. The SMILES string of the molecule is CC(C)(C)c1cc(NC(=O)c2ccc(F)c(Nc3ncnc4cnc(NC5CCOC5)nc34)c2)no1. The van der Waals surface area contributed by atoms with Crippen molar-refractivity contribution in [2.45, 2.75) is 38.6 Å². The van der Waals surface area contributed by atoms with Crippen LogP contribution in [0.3, 0.4) is 0 Å². The quantitative estimate of drug-likeness (QED) is 0.361. The van der Waals surface area contributed by atoms with E-state index < -0.39 is 11.7 Å². The molecule has 1 saturated heterocycles. The van der Waals surface area contributed by atoms with E-state index in [0.717, 1.165) is 6.42 Å². The first kappa shape index (κ1) is 23.5. The molecule has 3 aromatic heterocycles. The minimum absolute atomic E-state index is 0.0514. The average molecular weight is 493 g/mol. The van der Waals surface area contributed by atoms with Gasteiger partial charge in [0.1, 0.15) is 28.9 Å². The van der Waals surface area contributed by atoms with E-state index in [-0.39, 0.29) is 34.3 Å². The monoisotopic (exact) mass is 492 g/mol. The highest BCUT2D eigenvalue weighted by Gasteiger charge is 2.21. The summed E-state index contributed by atoms with van der Waals surface area (Å²) in [5.74, 6) is 0.543. The fourth-order valence-corrected chi connectivity index (χ4v) is 3.61. The van der Waals surface area contributed by atoms with E-state index in [0.29, 0.717) is 36.0 Å². The Balaban J connectivity index is 1.38. The molecule has 4 heterocycles. The third kappa shape index (κ3) is 5.08. The summed E-state index contributed by atoms with van der Waals surface area (Å²) >= 11 is 0. The van der Waals surface area contributed by atoms with Crippen LogP contribution in [0.15, 0.2) is 41.3 Å². The van der Waals surface area contributed by atoms with Crippen molar-refractivity contribution >= 4 is 40.2 Å². The summed E-state index contributed by atoms with van der Waals surface area (Å²) in [5, 5.41) is 12.7. The van der Waals surface area contributed by atoms with Crippen LogP contribution in [0.1, 0.15) is 43.3 Å². The molecule has 0 bridgehead atoms. The Bertz CT molecular complexity index is 1410. The topological polar surface area (TPSA) is 140 Å². The normalized spacial score (nSPS) is 15.7. The van der Waals surface area contributed by atoms with E-state index in [1.807, 2.05) is 20.8 Å². The van der Waals surface area contributed by atoms with E-state index in [4.69, 9.17) is 9.26 Å². The number of carbonyl (C=O) groups excluding carboxylic acids is 1. The number of benzene rings is 1. The Morgan fingerprint density at radius 3 is 2.78 bits per heavy atom. The van der Waals surface area contributed by atoms with Gasteiger partial charge in [-0.2, -0.15) is 0 Å². The van der Waals surface area contributed by atoms with E-state index in [1.54, 1.807) is 12.3 Å². The summed E-state index contributed by atoms with van der Waals surface area (Å²) in [4.78, 5) is 30.0. The van der Waals surface area contributed by atoms with E-state index in [1.165, 1.54) is 24.5 Å². The van der Waals surface area contributed by atoms with Crippen molar-refractivity contribution < 1.29 is 18.4 Å². The summed E-state index contributed by atoms with van der Waals surface area (Å²) in [6, 6.07) is 5.75. The Morgan fingerprint density at radius 1 is 1.17 bits per heavy atom. The van der Waals surface area contributed by atoms with Crippen LogP contribution in [0.2, 0.25) is 0 Å². The first-order chi connectivity index (χ1) is 17.3. The number of hydrogen-bond acceptors (Lipinski definition) is 10. The second-order valence-corrected chi connectivity index (χ2v) is 9.45. The molecule has 0 aliphatic carbocycles. The van der Waals surface area contributed by atoms with Crippen LogP contribution in [-0.2, 0) is 10.2 Å². The van der Waals surface area contributed by atoms with Gasteiger partial charge in [0, 0.05) is 23.7 Å². The largest absolute Gasteiger partial charge is 0.379 e. The van der Waals surface area contributed by atoms with Crippen molar-refractivity contribution in [3.8, 4) is 0 Å². The van der Waals surface area contributed by atoms with Gasteiger partial charge in [-0.3, -0.25) is 4.79 Å². The molecule has 5 rings (SSSR count). The fraction of sp³-hybridized carbons (Fsp3) is 0.333. The maximum Gasteiger partial charge on any atom is 0.256 e. The number of nitrogens with one attached hydrogen (secondary N) is 3. The minimum Gasteiger partial charge on any atom is -0.379 e. The Hall–Kier alpha value is -4.19. The van der Waals surface area contributed by atoms with Crippen molar-refractivity contribution in [1.29, 1.82) is 0 Å². The predicted molar refractivity (Wildman–Crippen MR) is 131 cm³/mol. The van der Waals surface area contributed by atoms with Crippen molar-refractivity contribution in [3.63, 3.8) is 0 Å². The van der Waals surface area contributed by atoms with E-state index >= 15 is 0 Å². The van der Waals surface area contributed by atoms with E-state index in [9.17, 15) is 9.18 Å². The lowest BCUT2D eigenvalue weighted by atomic mass is 9.93. The van der Waals surface area contributed by atoms with Crippen molar-refractivity contribution in [3.05, 3.63) is 53.9 Å². The zero-order chi connectivity index (χ0) is 25.3. The Labute approximate surface area is 205 Å². The van der Waals surface area contributed by atoms with Crippen LogP contribution >= 0.6 is 0 Å². The smallest absolute Gasteiger partial charge is 0.256 e. The number of ether oxygens (including phenoxy) is 1. The molecule has 4 aromatic rings. The molecular formula is C24H25FN8O3. The number of fused-ring (bicyclic) bond motifs is 1. The van der Waals surface area contributed by atoms with Gasteiger partial charge in [-0.15, -0.1) is 0 Å². The summed E-state index contributed by atoms with van der Waals surface area (Å²) in [5.41, 5.74) is 0.898. The highest BCUT2D eigenvalue weighted by Crippen LogP contribution is 2.27. The van der Waals surface area contributed by atoms with Gasteiger partial charge in [-0.05, 0) is 24.6 Å². The molecule has 1 aliphatic heterocycles. The van der Waals surface area contributed by atoms with Crippen LogP contribution in [-0.4, -0.2) is 50.3 Å². The molecule has 1 atom stereocenters. The summed E-state index contributed by atoms with van der Waals surface area (Å²) in [7, 11) is 0. The van der Waals surface area contributed by atoms with Gasteiger partial charge in [0.05, 0.1) is 24.5 Å². The molecule has 1 unspecified atom stereocenters. The van der Waals surface area contributed by atoms with Gasteiger partial charge >= 0.3 is 0 Å². The van der Waals surface area contributed by atoms with Crippen LogP contribution in [0, 0.1) is 5.82 Å². The number of rotatable bonds is 6. The van der Waals surface area contributed by atoms with Crippen LogP contribution in [0.5, 0.6) is 0 Å². The number of hydrogen-bond donors (Lipinski definition) is 3. The highest BCUT2D eigenvalue weighted by atomic mass is 19.1. The lowest BCUT2D eigenvalue weighted by Gasteiger charge is -2.13. The molecule has 0 spiro atoms. The molecule has 12 heteroatoms. The fourth-order valence-electron chi connectivity index (χ4n) is 3.61. The van der Waals surface area contributed by atoms with Crippen LogP contribution < -0.4 is 16.0 Å². The van der Waals surface area contributed by atoms with Gasteiger partial charge < -0.3 is 25.2 Å². The molecule has 36 heavy (non-hydrogen) atoms. The molecule has 1 fully saturated rings. The lowest BCUT2D eigenvalue weighted by molar-refractivity contribution is 0.102. The molecule has 0 saturated carbocycles. The second kappa shape index (κ2) is 9.46. The summed E-state index contributed by atoms with van der Waals surface area (Å²) < 4.78 is 25.4. The number of amides is 1. The number of carbonyl (C=O) groups is 1. The molecule has 11 nitrogen and oxygen atoms in total. The lowest BCUT2D eigenvalue weighted by Crippen LogP contribution is -2.20. The number of aromatic nitrogens is 5. The van der Waals surface area contributed by atoms with Gasteiger partial charge in [0.25, 0.3) is 5.91 Å². The maximum atomic E-state index is 14.7. The summed E-state index contributed by atoms with van der Waals surface area (Å²) in [6.07, 6.45) is 3.75. The van der Waals surface area contributed by atoms with Gasteiger partial charge in [0.2, 0.25) is 5.95 Å². The third-order valence-corrected chi connectivity index (χ3v) is 5.61. The van der Waals surface area contributed by atoms with Gasteiger partial charge in [-0.1, -0.05) is 25.9 Å². The number of anilines is 4. The highest BCUT2D eigenvalue weighted by molar-refractivity contribution is 6.04. The van der Waals surface area contributed by atoms with Gasteiger partial charge in [0.15, 0.2) is 11.6 Å². The number of halogens is 1. The summed E-state index contributed by atoms with van der Waals surface area (Å²) in [6.45, 7) is 7.17. The minimum atomic E-state index is -0.565. The standard InChI is InChI=1S/C24H25FN8O3/c1-24(2,3)18-9-19(33-36-18)31-22(34)13-4-5-15(25)16(8-13)30-21-20-17(27-12-28-21)10-26-23(32-20)29-14-6-7-35-11-14/h4-5,8-10,12,14H,6-7,11H2,1-3H3,(H,26,29,32)(H,27,28,30)(H,31,33,34). The zero-order valence-corrected chi connectivity index (χ0v) is 20.0. The first-order valence-electron chi connectivity index (χ1n) is 11.4. The molecule has 1 amide bonds. The van der Waals surface area contributed by atoms with Crippen LogP contribution in [0.25, 0.3) is 11.0 Å². The van der Waals surface area contributed by atoms with Crippen molar-refractivity contribution in [1.82, 2.24) is 25.1 Å². The molecule has 186 valence electrons. The predicted octanol–water partition coefficient (Wildman–Crippen LogP) is 4.04. The van der Waals surface area contributed by atoms with Crippen LogP contribution in [0.4, 0.5) is 27.7 Å². The van der Waals surface area contributed by atoms with Gasteiger partial charge in [-0.25, -0.2) is 24.3 Å².